The molecular weight excluding hydrogens is 420 g/mol. The zero-order valence-electron chi connectivity index (χ0n) is 17.9. The molecule has 1 saturated heterocycles. The molecule has 2 aliphatic rings. The Morgan fingerprint density at radius 2 is 1.75 bits per heavy atom. The second kappa shape index (κ2) is 7.46. The normalized spacial score (nSPS) is 18.4. The van der Waals surface area contributed by atoms with E-state index in [2.05, 4.69) is 39.1 Å². The van der Waals surface area contributed by atoms with E-state index in [0.717, 1.165) is 51.9 Å². The zero-order chi connectivity index (χ0) is 21.8. The van der Waals surface area contributed by atoms with Crippen LogP contribution in [0.3, 0.4) is 0 Å². The molecule has 4 aromatic rings. The monoisotopic (exact) mass is 444 g/mol. The predicted octanol–water partition coefficient (Wildman–Crippen LogP) is 4.09. The molecule has 1 aromatic carbocycles. The number of hydrogen-bond acceptors (Lipinski definition) is 4. The number of piperidine rings is 1. The summed E-state index contributed by atoms with van der Waals surface area (Å²) in [5.74, 6) is -0.0431. The first kappa shape index (κ1) is 19.5. The van der Waals surface area contributed by atoms with Gasteiger partial charge in [-0.25, -0.2) is 0 Å². The lowest BCUT2D eigenvalue weighted by atomic mass is 9.96. The summed E-state index contributed by atoms with van der Waals surface area (Å²) >= 11 is 1.59. The molecule has 32 heavy (non-hydrogen) atoms. The number of thiophene rings is 1. The summed E-state index contributed by atoms with van der Waals surface area (Å²) in [6.07, 6.45) is 6.26. The van der Waals surface area contributed by atoms with Crippen LogP contribution < -0.4 is 5.32 Å². The Kier molecular flexibility index (Phi) is 4.55. The molecule has 2 N–H and O–H groups in total. The highest BCUT2D eigenvalue weighted by molar-refractivity contribution is 7.16. The molecule has 0 spiro atoms. The maximum atomic E-state index is 13.0. The van der Waals surface area contributed by atoms with Gasteiger partial charge in [0.1, 0.15) is 4.83 Å². The van der Waals surface area contributed by atoms with E-state index >= 15 is 0 Å². The predicted molar refractivity (Wildman–Crippen MR) is 128 cm³/mol. The quantitative estimate of drug-likeness (QED) is 0.466. The number of rotatable bonds is 4. The van der Waals surface area contributed by atoms with E-state index in [4.69, 9.17) is 0 Å². The van der Waals surface area contributed by atoms with E-state index in [1.807, 2.05) is 35.8 Å². The van der Waals surface area contributed by atoms with Crippen molar-refractivity contribution in [1.29, 1.82) is 0 Å². The van der Waals surface area contributed by atoms with Crippen molar-refractivity contribution in [2.24, 2.45) is 5.92 Å². The summed E-state index contributed by atoms with van der Waals surface area (Å²) in [4.78, 5) is 32.6. The molecule has 1 fully saturated rings. The molecule has 162 valence electrons. The van der Waals surface area contributed by atoms with Crippen molar-refractivity contribution in [1.82, 2.24) is 19.8 Å². The number of benzene rings is 1. The van der Waals surface area contributed by atoms with Crippen molar-refractivity contribution in [3.05, 3.63) is 59.2 Å². The number of nitrogens with one attached hydrogen (secondary N) is 2. The number of carbonyl (C=O) groups excluding carboxylic acids is 2. The molecule has 7 heteroatoms. The number of imide groups is 1. The van der Waals surface area contributed by atoms with Gasteiger partial charge in [-0.2, -0.15) is 0 Å². The number of fused-ring (bicyclic) bond motifs is 2. The van der Waals surface area contributed by atoms with Crippen LogP contribution in [0.1, 0.15) is 24.0 Å². The number of likely N-dealkylation sites (tertiary alicyclic amines) is 1. The van der Waals surface area contributed by atoms with Gasteiger partial charge in [0.15, 0.2) is 0 Å². The molecule has 3 aromatic heterocycles. The molecule has 0 bridgehead atoms. The lowest BCUT2D eigenvalue weighted by Gasteiger charge is -2.29. The van der Waals surface area contributed by atoms with Crippen molar-refractivity contribution in [3.8, 4) is 0 Å². The Balaban J connectivity index is 1.51. The van der Waals surface area contributed by atoms with Crippen LogP contribution in [-0.4, -0.2) is 46.4 Å². The summed E-state index contributed by atoms with van der Waals surface area (Å²) in [7, 11) is 2.18. The van der Waals surface area contributed by atoms with Gasteiger partial charge in [0, 0.05) is 46.4 Å². The van der Waals surface area contributed by atoms with Gasteiger partial charge in [0.25, 0.3) is 11.8 Å². The van der Waals surface area contributed by atoms with Crippen molar-refractivity contribution >= 4 is 55.4 Å². The van der Waals surface area contributed by atoms with Crippen LogP contribution in [0.25, 0.3) is 32.3 Å². The maximum absolute atomic E-state index is 13.0. The molecule has 6 nitrogen and oxygen atoms in total. The smallest absolute Gasteiger partial charge is 0.259 e. The van der Waals surface area contributed by atoms with Gasteiger partial charge in [-0.3, -0.25) is 14.9 Å². The minimum Gasteiger partial charge on any atom is -0.352 e. The second-order valence-electron chi connectivity index (χ2n) is 8.86. The summed E-state index contributed by atoms with van der Waals surface area (Å²) in [5.41, 5.74) is 3.65. The van der Waals surface area contributed by atoms with Crippen molar-refractivity contribution in [2.45, 2.75) is 19.4 Å². The number of hydrogen-bond donors (Lipinski definition) is 2. The van der Waals surface area contributed by atoms with Crippen LogP contribution in [-0.2, 0) is 16.1 Å². The first-order valence-electron chi connectivity index (χ1n) is 11.0. The van der Waals surface area contributed by atoms with Crippen molar-refractivity contribution < 1.29 is 9.59 Å². The van der Waals surface area contributed by atoms with Gasteiger partial charge >= 0.3 is 0 Å². The lowest BCUT2D eigenvalue weighted by molar-refractivity contribution is -0.122. The third-order valence-electron chi connectivity index (χ3n) is 6.85. The Morgan fingerprint density at radius 1 is 1.00 bits per heavy atom. The topological polar surface area (TPSA) is 70.1 Å². The average molecular weight is 445 g/mol. The largest absolute Gasteiger partial charge is 0.352 e. The molecule has 0 aliphatic carbocycles. The van der Waals surface area contributed by atoms with Gasteiger partial charge < -0.3 is 14.5 Å². The standard InChI is InChI=1S/C25H24N4O2S/c1-28-9-6-15(7-10-28)13-29-14-19(16-4-2-3-5-20(16)29)22-21(23(30)27-24(22)31)18-12-26-25-17(18)8-11-32-25/h2-5,8,11-12,14-15,26H,6-7,9-10,13H2,1H3,(H,27,30,31). The minimum absolute atomic E-state index is 0.322. The van der Waals surface area contributed by atoms with E-state index in [1.54, 1.807) is 11.3 Å². The molecule has 0 radical (unpaired) electrons. The third-order valence-corrected chi connectivity index (χ3v) is 7.70. The van der Waals surface area contributed by atoms with Crippen LogP contribution in [0.15, 0.2) is 48.1 Å². The molecule has 6 rings (SSSR count). The Bertz CT molecular complexity index is 1400. The fourth-order valence-electron chi connectivity index (χ4n) is 5.14. The molecular formula is C25H24N4O2S. The molecule has 2 aliphatic heterocycles. The van der Waals surface area contributed by atoms with Gasteiger partial charge in [-0.15, -0.1) is 11.3 Å². The third kappa shape index (κ3) is 3.04. The van der Waals surface area contributed by atoms with E-state index < -0.39 is 0 Å². The highest BCUT2D eigenvalue weighted by Gasteiger charge is 2.35. The number of H-pyrrole nitrogens is 1. The number of aromatic nitrogens is 2. The fourth-order valence-corrected chi connectivity index (χ4v) is 5.92. The average Bonchev–Trinajstić information content (AvgIpc) is 3.53. The maximum Gasteiger partial charge on any atom is 0.259 e. The van der Waals surface area contributed by atoms with E-state index in [1.165, 1.54) is 12.8 Å². The summed E-state index contributed by atoms with van der Waals surface area (Å²) in [5, 5.41) is 6.52. The first-order chi connectivity index (χ1) is 15.6. The number of aromatic amines is 1. The van der Waals surface area contributed by atoms with Crippen LogP contribution in [0, 0.1) is 5.92 Å². The van der Waals surface area contributed by atoms with Gasteiger partial charge in [-0.1, -0.05) is 18.2 Å². The van der Waals surface area contributed by atoms with Crippen LogP contribution >= 0.6 is 11.3 Å². The zero-order valence-corrected chi connectivity index (χ0v) is 18.7. The first-order valence-corrected chi connectivity index (χ1v) is 11.9. The van der Waals surface area contributed by atoms with Crippen LogP contribution in [0.5, 0.6) is 0 Å². The van der Waals surface area contributed by atoms with Crippen LogP contribution in [0.2, 0.25) is 0 Å². The number of para-hydroxylation sites is 1. The summed E-state index contributed by atoms with van der Waals surface area (Å²) in [6.45, 7) is 3.16. The lowest BCUT2D eigenvalue weighted by Crippen LogP contribution is -2.31. The molecule has 0 unspecified atom stereocenters. The van der Waals surface area contributed by atoms with Crippen molar-refractivity contribution in [2.75, 3.05) is 20.1 Å². The Labute approximate surface area is 189 Å². The molecule has 2 amide bonds. The Hall–Kier alpha value is -3.16. The highest BCUT2D eigenvalue weighted by Crippen LogP contribution is 2.39. The second-order valence-corrected chi connectivity index (χ2v) is 9.77. The Morgan fingerprint density at radius 3 is 2.56 bits per heavy atom. The van der Waals surface area contributed by atoms with E-state index in [9.17, 15) is 9.59 Å². The number of carbonyl (C=O) groups is 2. The number of amides is 2. The van der Waals surface area contributed by atoms with Crippen molar-refractivity contribution in [3.63, 3.8) is 0 Å². The minimum atomic E-state index is -0.329. The SMILES string of the molecule is CN1CCC(Cn2cc(C3=C(c4c[nH]c5sccc45)C(=O)NC3=O)c3ccccc32)CC1. The fraction of sp³-hybridized carbons (Fsp3) is 0.280. The van der Waals surface area contributed by atoms with Gasteiger partial charge in [0.05, 0.1) is 11.1 Å². The van der Waals surface area contributed by atoms with Gasteiger partial charge in [0.2, 0.25) is 0 Å². The van der Waals surface area contributed by atoms with E-state index in [-0.39, 0.29) is 11.8 Å². The summed E-state index contributed by atoms with van der Waals surface area (Å²) in [6, 6.07) is 10.2. The van der Waals surface area contributed by atoms with E-state index in [0.29, 0.717) is 17.1 Å². The summed E-state index contributed by atoms with van der Waals surface area (Å²) < 4.78 is 2.28. The van der Waals surface area contributed by atoms with Crippen LogP contribution in [0.4, 0.5) is 0 Å². The van der Waals surface area contributed by atoms with Gasteiger partial charge in [-0.05, 0) is 56.4 Å². The number of nitrogens with zero attached hydrogens (tertiary/aromatic N) is 2. The molecule has 5 heterocycles. The molecule has 0 saturated carbocycles. The molecule has 0 atom stereocenters. The highest BCUT2D eigenvalue weighted by atomic mass is 32.1.